The molecule has 3 nitrogen and oxygen atoms in total. The zero-order valence-corrected chi connectivity index (χ0v) is 11.4. The van der Waals surface area contributed by atoms with Crippen molar-refractivity contribution in [3.8, 4) is 0 Å². The Morgan fingerprint density at radius 3 is 2.62 bits per heavy atom. The van der Waals surface area contributed by atoms with Crippen LogP contribution in [0.4, 0.5) is 5.82 Å². The molecule has 0 aromatic carbocycles. The van der Waals surface area contributed by atoms with Gasteiger partial charge in [0.15, 0.2) is 0 Å². The van der Waals surface area contributed by atoms with E-state index < -0.39 is 0 Å². The molecule has 1 aliphatic rings. The third kappa shape index (κ3) is 3.32. The summed E-state index contributed by atoms with van der Waals surface area (Å²) in [4.78, 5) is 8.11. The molecule has 0 amide bonds. The second kappa shape index (κ2) is 5.82. The van der Waals surface area contributed by atoms with Gasteiger partial charge in [-0.25, -0.2) is 4.98 Å². The van der Waals surface area contributed by atoms with Gasteiger partial charge in [0.1, 0.15) is 5.82 Å². The van der Waals surface area contributed by atoms with Crippen molar-refractivity contribution in [1.29, 1.82) is 0 Å². The van der Waals surface area contributed by atoms with Crippen molar-refractivity contribution in [3.63, 3.8) is 0 Å². The molecule has 5 heteroatoms. The molecule has 1 fully saturated rings. The van der Waals surface area contributed by atoms with Crippen LogP contribution in [0.15, 0.2) is 10.7 Å². The summed E-state index contributed by atoms with van der Waals surface area (Å²) in [5, 5.41) is 3.74. The molecule has 16 heavy (non-hydrogen) atoms. The second-order valence-electron chi connectivity index (χ2n) is 4.17. The molecule has 1 aromatic rings. The van der Waals surface area contributed by atoms with Crippen LogP contribution in [0.5, 0.6) is 0 Å². The summed E-state index contributed by atoms with van der Waals surface area (Å²) in [6, 6.07) is 0.518. The van der Waals surface area contributed by atoms with Gasteiger partial charge in [-0.2, -0.15) is 4.98 Å². The number of hydrogen-bond donors (Lipinski definition) is 1. The molecule has 1 aliphatic carbocycles. The van der Waals surface area contributed by atoms with Crippen LogP contribution in [0.3, 0.4) is 0 Å². The van der Waals surface area contributed by atoms with Crippen molar-refractivity contribution in [2.75, 3.05) is 5.32 Å². The minimum absolute atomic E-state index is 0.291. The quantitative estimate of drug-likeness (QED) is 0.662. The molecule has 0 radical (unpaired) electrons. The van der Waals surface area contributed by atoms with Crippen LogP contribution in [0.2, 0.25) is 5.28 Å². The highest BCUT2D eigenvalue weighted by Gasteiger charge is 2.14. The molecule has 0 unspecified atom stereocenters. The number of anilines is 1. The Kier molecular flexibility index (Phi) is 4.41. The van der Waals surface area contributed by atoms with Crippen molar-refractivity contribution in [2.45, 2.75) is 44.6 Å². The lowest BCUT2D eigenvalue weighted by molar-refractivity contribution is 0.617. The summed E-state index contributed by atoms with van der Waals surface area (Å²) in [6.07, 6.45) is 9.42. The fraction of sp³-hybridized carbons (Fsp3) is 0.636. The van der Waals surface area contributed by atoms with Gasteiger partial charge in [-0.05, 0) is 40.4 Å². The van der Waals surface area contributed by atoms with Crippen LogP contribution < -0.4 is 5.32 Å². The van der Waals surface area contributed by atoms with Crippen LogP contribution in [0.25, 0.3) is 0 Å². The topological polar surface area (TPSA) is 37.8 Å². The first kappa shape index (κ1) is 12.1. The average Bonchev–Trinajstić information content (AvgIpc) is 2.52. The smallest absolute Gasteiger partial charge is 0.224 e. The lowest BCUT2D eigenvalue weighted by Crippen LogP contribution is -2.19. The normalized spacial score (nSPS) is 18.1. The standard InChI is InChI=1S/C11H15BrClN3/c12-9-7-14-11(13)16-10(9)15-8-5-3-1-2-4-6-8/h7-8H,1-6H2,(H,14,15,16). The van der Waals surface area contributed by atoms with Crippen LogP contribution in [0.1, 0.15) is 38.5 Å². The number of aromatic nitrogens is 2. The van der Waals surface area contributed by atoms with Crippen LogP contribution >= 0.6 is 27.5 Å². The summed E-state index contributed by atoms with van der Waals surface area (Å²) < 4.78 is 0.876. The number of nitrogens with one attached hydrogen (secondary N) is 1. The highest BCUT2D eigenvalue weighted by atomic mass is 79.9. The zero-order valence-electron chi connectivity index (χ0n) is 9.05. The predicted molar refractivity (Wildman–Crippen MR) is 69.9 cm³/mol. The van der Waals surface area contributed by atoms with Crippen molar-refractivity contribution in [3.05, 3.63) is 16.0 Å². The van der Waals surface area contributed by atoms with Crippen molar-refractivity contribution >= 4 is 33.3 Å². The highest BCUT2D eigenvalue weighted by molar-refractivity contribution is 9.10. The zero-order chi connectivity index (χ0) is 11.4. The molecule has 1 N–H and O–H groups in total. The third-order valence-corrected chi connectivity index (χ3v) is 3.67. The molecule has 88 valence electrons. The molecule has 0 aliphatic heterocycles. The summed E-state index contributed by atoms with van der Waals surface area (Å²) in [7, 11) is 0. The van der Waals surface area contributed by atoms with Crippen LogP contribution in [-0.2, 0) is 0 Å². The Morgan fingerprint density at radius 1 is 1.25 bits per heavy atom. The van der Waals surface area contributed by atoms with E-state index in [0.717, 1.165) is 10.3 Å². The molecule has 1 aromatic heterocycles. The van der Waals surface area contributed by atoms with E-state index in [9.17, 15) is 0 Å². The summed E-state index contributed by atoms with van der Waals surface area (Å²) in [6.45, 7) is 0. The monoisotopic (exact) mass is 303 g/mol. The van der Waals surface area contributed by atoms with Gasteiger partial charge in [-0.3, -0.25) is 0 Å². The minimum Gasteiger partial charge on any atom is -0.366 e. The van der Waals surface area contributed by atoms with E-state index in [1.165, 1.54) is 38.5 Å². The van der Waals surface area contributed by atoms with E-state index in [-0.39, 0.29) is 0 Å². The Hall–Kier alpha value is -0.350. The van der Waals surface area contributed by atoms with Crippen molar-refractivity contribution in [2.24, 2.45) is 0 Å². The first-order valence-corrected chi connectivity index (χ1v) is 6.87. The van der Waals surface area contributed by atoms with E-state index >= 15 is 0 Å². The van der Waals surface area contributed by atoms with Crippen molar-refractivity contribution < 1.29 is 0 Å². The van der Waals surface area contributed by atoms with Gasteiger partial charge in [0.25, 0.3) is 0 Å². The minimum atomic E-state index is 0.291. The molecule has 0 spiro atoms. The number of hydrogen-bond acceptors (Lipinski definition) is 3. The number of nitrogens with zero attached hydrogens (tertiary/aromatic N) is 2. The van der Waals surface area contributed by atoms with E-state index in [1.807, 2.05) is 0 Å². The molecular weight excluding hydrogens is 289 g/mol. The predicted octanol–water partition coefficient (Wildman–Crippen LogP) is 4.03. The SMILES string of the molecule is Clc1ncc(Br)c(NC2CCCCCC2)n1. The van der Waals surface area contributed by atoms with E-state index in [4.69, 9.17) is 11.6 Å². The van der Waals surface area contributed by atoms with Gasteiger partial charge in [-0.1, -0.05) is 25.7 Å². The summed E-state index contributed by atoms with van der Waals surface area (Å²) in [5.74, 6) is 0.812. The largest absolute Gasteiger partial charge is 0.366 e. The van der Waals surface area contributed by atoms with Crippen LogP contribution in [0, 0.1) is 0 Å². The first-order valence-electron chi connectivity index (χ1n) is 5.70. The maximum atomic E-state index is 5.78. The lowest BCUT2D eigenvalue weighted by atomic mass is 10.1. The second-order valence-corrected chi connectivity index (χ2v) is 5.36. The molecule has 1 heterocycles. The van der Waals surface area contributed by atoms with E-state index in [1.54, 1.807) is 6.20 Å². The molecule has 0 bridgehead atoms. The molecule has 0 atom stereocenters. The first-order chi connectivity index (χ1) is 7.75. The molecule has 0 saturated heterocycles. The summed E-state index contributed by atoms with van der Waals surface area (Å²) >= 11 is 9.21. The molecular formula is C11H15BrClN3. The average molecular weight is 305 g/mol. The van der Waals surface area contributed by atoms with E-state index in [2.05, 4.69) is 31.2 Å². The third-order valence-electron chi connectivity index (χ3n) is 2.91. The lowest BCUT2D eigenvalue weighted by Gasteiger charge is -2.17. The Labute approximate surface area is 109 Å². The summed E-state index contributed by atoms with van der Waals surface area (Å²) in [5.41, 5.74) is 0. The van der Waals surface area contributed by atoms with Crippen molar-refractivity contribution in [1.82, 2.24) is 9.97 Å². The Morgan fingerprint density at radius 2 is 1.94 bits per heavy atom. The van der Waals surface area contributed by atoms with Gasteiger partial charge >= 0.3 is 0 Å². The van der Waals surface area contributed by atoms with Gasteiger partial charge in [0.2, 0.25) is 5.28 Å². The van der Waals surface area contributed by atoms with Crippen LogP contribution in [-0.4, -0.2) is 16.0 Å². The Bertz CT molecular complexity index is 351. The van der Waals surface area contributed by atoms with Gasteiger partial charge < -0.3 is 5.32 Å². The number of halogens is 2. The fourth-order valence-corrected chi connectivity index (χ4v) is 2.50. The molecule has 1 saturated carbocycles. The Balaban J connectivity index is 2.04. The number of rotatable bonds is 2. The van der Waals surface area contributed by atoms with E-state index in [0.29, 0.717) is 11.3 Å². The fourth-order valence-electron chi connectivity index (χ4n) is 2.06. The maximum absolute atomic E-state index is 5.78. The maximum Gasteiger partial charge on any atom is 0.224 e. The molecule has 2 rings (SSSR count). The van der Waals surface area contributed by atoms with Gasteiger partial charge in [0.05, 0.1) is 4.47 Å². The van der Waals surface area contributed by atoms with Gasteiger partial charge in [0, 0.05) is 12.2 Å². The van der Waals surface area contributed by atoms with Gasteiger partial charge in [-0.15, -0.1) is 0 Å². The highest BCUT2D eigenvalue weighted by Crippen LogP contribution is 2.25.